The van der Waals surface area contributed by atoms with Crippen molar-refractivity contribution in [2.75, 3.05) is 19.8 Å². The first-order chi connectivity index (χ1) is 22.6. The Morgan fingerprint density at radius 3 is 1.11 bits per heavy atom. The van der Waals surface area contributed by atoms with Crippen LogP contribution in [-0.2, 0) is 23.8 Å². The fraction of sp³-hybridized carbons (Fsp3) is 0.951. The molecule has 0 N–H and O–H groups in total. The number of rotatable bonds is 38. The highest BCUT2D eigenvalue weighted by Crippen LogP contribution is 2.15. The maximum absolute atomic E-state index is 12.5. The van der Waals surface area contributed by atoms with E-state index in [0.29, 0.717) is 26.1 Å². The third-order valence-electron chi connectivity index (χ3n) is 9.14. The Bertz CT molecular complexity index is 622. The van der Waals surface area contributed by atoms with Gasteiger partial charge in [0.25, 0.3) is 0 Å². The zero-order valence-corrected chi connectivity index (χ0v) is 31.4. The Hall–Kier alpha value is -1.10. The standard InChI is InChI=1S/C41H80O5/c1-4-7-10-13-15-17-19-21-22-24-26-29-31-34-40(42)45-38-39(46-41(43)35-32-28-12-9-6-3)37-44-36-33-30-27-25-23-20-18-16-14-11-8-5-2/h39H,4-38H2,1-3H3. The Labute approximate surface area is 287 Å². The first-order valence-electron chi connectivity index (χ1n) is 20.6. The molecule has 0 aromatic rings. The number of ether oxygens (including phenoxy) is 3. The number of hydrogen-bond donors (Lipinski definition) is 0. The van der Waals surface area contributed by atoms with Gasteiger partial charge in [-0.2, -0.15) is 0 Å². The second-order valence-corrected chi connectivity index (χ2v) is 13.9. The van der Waals surface area contributed by atoms with Gasteiger partial charge in [0, 0.05) is 19.4 Å². The van der Waals surface area contributed by atoms with E-state index in [1.807, 2.05) is 0 Å². The molecule has 0 spiro atoms. The normalized spacial score (nSPS) is 12.0. The van der Waals surface area contributed by atoms with Crippen molar-refractivity contribution in [2.24, 2.45) is 0 Å². The fourth-order valence-corrected chi connectivity index (χ4v) is 6.04. The van der Waals surface area contributed by atoms with Gasteiger partial charge in [-0.15, -0.1) is 0 Å². The average molecular weight is 653 g/mol. The molecule has 0 aliphatic heterocycles. The van der Waals surface area contributed by atoms with Gasteiger partial charge in [0.1, 0.15) is 6.61 Å². The molecule has 0 bridgehead atoms. The van der Waals surface area contributed by atoms with E-state index >= 15 is 0 Å². The summed E-state index contributed by atoms with van der Waals surface area (Å²) in [5.74, 6) is -0.396. The summed E-state index contributed by atoms with van der Waals surface area (Å²) in [6, 6.07) is 0. The summed E-state index contributed by atoms with van der Waals surface area (Å²) in [7, 11) is 0. The van der Waals surface area contributed by atoms with Gasteiger partial charge in [0.05, 0.1) is 6.61 Å². The zero-order chi connectivity index (χ0) is 33.6. The Morgan fingerprint density at radius 2 is 0.717 bits per heavy atom. The summed E-state index contributed by atoms with van der Waals surface area (Å²) in [5.41, 5.74) is 0. The second kappa shape index (κ2) is 38.3. The third kappa shape index (κ3) is 35.7. The molecule has 0 saturated heterocycles. The Kier molecular flexibility index (Phi) is 37.4. The van der Waals surface area contributed by atoms with Gasteiger partial charge in [0.15, 0.2) is 6.10 Å². The highest BCUT2D eigenvalue weighted by atomic mass is 16.6. The predicted octanol–water partition coefficient (Wildman–Crippen LogP) is 13.0. The lowest BCUT2D eigenvalue weighted by Crippen LogP contribution is -2.30. The van der Waals surface area contributed by atoms with Gasteiger partial charge < -0.3 is 14.2 Å². The van der Waals surface area contributed by atoms with E-state index in [4.69, 9.17) is 14.2 Å². The second-order valence-electron chi connectivity index (χ2n) is 13.9. The summed E-state index contributed by atoms with van der Waals surface area (Å²) < 4.78 is 17.1. The Balaban J connectivity index is 4.05. The van der Waals surface area contributed by atoms with Crippen molar-refractivity contribution in [3.8, 4) is 0 Å². The van der Waals surface area contributed by atoms with Crippen LogP contribution >= 0.6 is 0 Å². The maximum Gasteiger partial charge on any atom is 0.306 e. The topological polar surface area (TPSA) is 61.8 Å². The van der Waals surface area contributed by atoms with E-state index < -0.39 is 6.10 Å². The van der Waals surface area contributed by atoms with Crippen molar-refractivity contribution < 1.29 is 23.8 Å². The van der Waals surface area contributed by atoms with Crippen LogP contribution in [0.1, 0.15) is 226 Å². The molecule has 274 valence electrons. The van der Waals surface area contributed by atoms with E-state index in [2.05, 4.69) is 20.8 Å². The minimum absolute atomic E-state index is 0.0945. The number of carbonyl (C=O) groups excluding carboxylic acids is 2. The van der Waals surface area contributed by atoms with Gasteiger partial charge in [-0.3, -0.25) is 9.59 Å². The molecule has 0 radical (unpaired) electrons. The quantitative estimate of drug-likeness (QED) is 0.0490. The van der Waals surface area contributed by atoms with Gasteiger partial charge in [0.2, 0.25) is 0 Å². The van der Waals surface area contributed by atoms with Crippen LogP contribution in [0.3, 0.4) is 0 Å². The molecule has 5 nitrogen and oxygen atoms in total. The smallest absolute Gasteiger partial charge is 0.306 e. The van der Waals surface area contributed by atoms with Crippen LogP contribution in [0.4, 0.5) is 0 Å². The number of hydrogen-bond acceptors (Lipinski definition) is 5. The molecule has 0 aromatic carbocycles. The fourth-order valence-electron chi connectivity index (χ4n) is 6.04. The lowest BCUT2D eigenvalue weighted by atomic mass is 10.0. The SMILES string of the molecule is CCCCCCCCCCCCCCCC(=O)OCC(COCCCCCCCCCCCCCC)OC(=O)CCCCCCC. The van der Waals surface area contributed by atoms with Crippen molar-refractivity contribution in [1.82, 2.24) is 0 Å². The third-order valence-corrected chi connectivity index (χ3v) is 9.14. The number of esters is 2. The summed E-state index contributed by atoms with van der Waals surface area (Å²) in [6.07, 6.45) is 38.3. The highest BCUT2D eigenvalue weighted by molar-refractivity contribution is 5.70. The molecule has 0 saturated carbocycles. The molecule has 5 heteroatoms. The van der Waals surface area contributed by atoms with E-state index in [1.54, 1.807) is 0 Å². The van der Waals surface area contributed by atoms with Gasteiger partial charge in [-0.25, -0.2) is 0 Å². The lowest BCUT2D eigenvalue weighted by molar-refractivity contribution is -0.163. The summed E-state index contributed by atoms with van der Waals surface area (Å²) in [6.45, 7) is 7.79. The summed E-state index contributed by atoms with van der Waals surface area (Å²) in [4.78, 5) is 24.9. The molecule has 0 amide bonds. The molecule has 0 heterocycles. The van der Waals surface area contributed by atoms with E-state index in [1.165, 1.54) is 154 Å². The van der Waals surface area contributed by atoms with Crippen LogP contribution < -0.4 is 0 Å². The first kappa shape index (κ1) is 44.9. The van der Waals surface area contributed by atoms with E-state index in [0.717, 1.165) is 38.5 Å². The predicted molar refractivity (Wildman–Crippen MR) is 196 cm³/mol. The minimum Gasteiger partial charge on any atom is -0.462 e. The molecule has 0 rings (SSSR count). The van der Waals surface area contributed by atoms with Crippen molar-refractivity contribution in [2.45, 2.75) is 232 Å². The molecule has 0 aliphatic rings. The molecule has 0 fully saturated rings. The lowest BCUT2D eigenvalue weighted by Gasteiger charge is -2.18. The summed E-state index contributed by atoms with van der Waals surface area (Å²) >= 11 is 0. The molecule has 1 atom stereocenters. The maximum atomic E-state index is 12.5. The zero-order valence-electron chi connectivity index (χ0n) is 31.4. The van der Waals surface area contributed by atoms with Crippen LogP contribution in [0, 0.1) is 0 Å². The van der Waals surface area contributed by atoms with Crippen molar-refractivity contribution >= 4 is 11.9 Å². The van der Waals surface area contributed by atoms with Gasteiger partial charge in [-0.05, 0) is 19.3 Å². The largest absolute Gasteiger partial charge is 0.462 e. The van der Waals surface area contributed by atoms with Crippen LogP contribution in [-0.4, -0.2) is 37.9 Å². The first-order valence-corrected chi connectivity index (χ1v) is 20.6. The number of carbonyl (C=O) groups is 2. The summed E-state index contributed by atoms with van der Waals surface area (Å²) in [5, 5.41) is 0. The molecule has 0 aromatic heterocycles. The van der Waals surface area contributed by atoms with Gasteiger partial charge >= 0.3 is 11.9 Å². The van der Waals surface area contributed by atoms with Gasteiger partial charge in [-0.1, -0.05) is 194 Å². The molecular weight excluding hydrogens is 572 g/mol. The van der Waals surface area contributed by atoms with Crippen LogP contribution in [0.2, 0.25) is 0 Å². The number of unbranched alkanes of at least 4 members (excludes halogenated alkanes) is 27. The van der Waals surface area contributed by atoms with Crippen molar-refractivity contribution in [3.05, 3.63) is 0 Å². The molecule has 46 heavy (non-hydrogen) atoms. The van der Waals surface area contributed by atoms with E-state index in [-0.39, 0.29) is 18.5 Å². The minimum atomic E-state index is -0.518. The molecule has 0 aliphatic carbocycles. The van der Waals surface area contributed by atoms with Crippen LogP contribution in [0.25, 0.3) is 0 Å². The monoisotopic (exact) mass is 653 g/mol. The average Bonchev–Trinajstić information content (AvgIpc) is 3.05. The van der Waals surface area contributed by atoms with E-state index in [9.17, 15) is 9.59 Å². The highest BCUT2D eigenvalue weighted by Gasteiger charge is 2.17. The van der Waals surface area contributed by atoms with Crippen molar-refractivity contribution in [3.63, 3.8) is 0 Å². The Morgan fingerprint density at radius 1 is 0.391 bits per heavy atom. The molecule has 1 unspecified atom stereocenters. The van der Waals surface area contributed by atoms with Crippen LogP contribution in [0.5, 0.6) is 0 Å². The van der Waals surface area contributed by atoms with Crippen molar-refractivity contribution in [1.29, 1.82) is 0 Å². The van der Waals surface area contributed by atoms with Crippen LogP contribution in [0.15, 0.2) is 0 Å². The molecular formula is C41H80O5.